The van der Waals surface area contributed by atoms with Gasteiger partial charge in [-0.25, -0.2) is 17.9 Å². The molecule has 1 aromatic heterocycles. The topological polar surface area (TPSA) is 93.4 Å². The van der Waals surface area contributed by atoms with Gasteiger partial charge in [-0.1, -0.05) is 6.92 Å². The molecule has 21 heavy (non-hydrogen) atoms. The standard InChI is InChI=1S/C12H20N4O4S/c1-8-5-14(2)6-9(8)13-21(19,20)10-7-15(3)12(18)16(4)11(10)17/h7-9,13H,5-6H2,1-4H3/t8-,9+/m0/s1. The summed E-state index contributed by atoms with van der Waals surface area (Å²) in [7, 11) is 0.620. The number of hydrogen-bond donors (Lipinski definition) is 1. The van der Waals surface area contributed by atoms with Crippen molar-refractivity contribution in [1.29, 1.82) is 0 Å². The SMILES string of the molecule is C[C@H]1CN(C)C[C@H]1NS(=O)(=O)c1cn(C)c(=O)n(C)c1=O. The molecule has 1 N–H and O–H groups in total. The van der Waals surface area contributed by atoms with E-state index in [0.29, 0.717) is 6.54 Å². The normalized spacial score (nSPS) is 23.6. The van der Waals surface area contributed by atoms with Crippen molar-refractivity contribution in [3.05, 3.63) is 27.0 Å². The number of rotatable bonds is 3. The van der Waals surface area contributed by atoms with E-state index in [4.69, 9.17) is 0 Å². The predicted octanol–water partition coefficient (Wildman–Crippen LogP) is -1.69. The molecule has 0 amide bonds. The van der Waals surface area contributed by atoms with Gasteiger partial charge in [-0.3, -0.25) is 9.36 Å². The summed E-state index contributed by atoms with van der Waals surface area (Å²) in [5.41, 5.74) is -1.38. The third-order valence-corrected chi connectivity index (χ3v) is 5.28. The Morgan fingerprint density at radius 1 is 1.19 bits per heavy atom. The molecule has 0 bridgehead atoms. The molecule has 2 rings (SSSR count). The van der Waals surface area contributed by atoms with Crippen LogP contribution in [-0.2, 0) is 24.1 Å². The van der Waals surface area contributed by atoms with E-state index >= 15 is 0 Å². The lowest BCUT2D eigenvalue weighted by atomic mass is 10.1. The first-order valence-corrected chi connectivity index (χ1v) is 8.09. The zero-order chi connectivity index (χ0) is 15.9. The largest absolute Gasteiger partial charge is 0.330 e. The summed E-state index contributed by atoms with van der Waals surface area (Å²) in [6.45, 7) is 3.33. The molecule has 0 radical (unpaired) electrons. The van der Waals surface area contributed by atoms with Crippen LogP contribution in [0.4, 0.5) is 0 Å². The molecule has 9 heteroatoms. The van der Waals surface area contributed by atoms with Crippen molar-refractivity contribution in [3.8, 4) is 0 Å². The molecule has 2 atom stereocenters. The summed E-state index contributed by atoms with van der Waals surface area (Å²) in [6.07, 6.45) is 1.07. The van der Waals surface area contributed by atoms with Gasteiger partial charge in [-0.2, -0.15) is 0 Å². The molecule has 1 fully saturated rings. The van der Waals surface area contributed by atoms with E-state index in [0.717, 1.165) is 21.9 Å². The van der Waals surface area contributed by atoms with E-state index in [1.165, 1.54) is 14.1 Å². The highest BCUT2D eigenvalue weighted by Crippen LogP contribution is 2.16. The minimum absolute atomic E-state index is 0.154. The molecule has 2 heterocycles. The van der Waals surface area contributed by atoms with Gasteiger partial charge in [0, 0.05) is 39.4 Å². The van der Waals surface area contributed by atoms with Crippen LogP contribution in [0.3, 0.4) is 0 Å². The lowest BCUT2D eigenvalue weighted by Gasteiger charge is -2.16. The van der Waals surface area contributed by atoms with E-state index in [1.54, 1.807) is 0 Å². The van der Waals surface area contributed by atoms with Crippen molar-refractivity contribution in [2.75, 3.05) is 20.1 Å². The Morgan fingerprint density at radius 3 is 2.33 bits per heavy atom. The zero-order valence-electron chi connectivity index (χ0n) is 12.5. The van der Waals surface area contributed by atoms with Crippen LogP contribution in [0.2, 0.25) is 0 Å². The summed E-state index contributed by atoms with van der Waals surface area (Å²) in [5.74, 6) is 0.154. The third-order valence-electron chi connectivity index (χ3n) is 3.81. The summed E-state index contributed by atoms with van der Waals surface area (Å²) in [6, 6.07) is -0.248. The Balaban J connectivity index is 2.42. The minimum atomic E-state index is -3.96. The molecular weight excluding hydrogens is 296 g/mol. The van der Waals surface area contributed by atoms with Crippen LogP contribution in [0.5, 0.6) is 0 Å². The van der Waals surface area contributed by atoms with Gasteiger partial charge in [0.1, 0.15) is 0 Å². The van der Waals surface area contributed by atoms with Crippen molar-refractivity contribution >= 4 is 10.0 Å². The maximum absolute atomic E-state index is 12.4. The fourth-order valence-electron chi connectivity index (χ4n) is 2.58. The number of likely N-dealkylation sites (N-methyl/N-ethyl adjacent to an activating group) is 1. The van der Waals surface area contributed by atoms with Crippen LogP contribution in [0, 0.1) is 5.92 Å². The molecule has 118 valence electrons. The molecule has 1 aliphatic heterocycles. The average Bonchev–Trinajstić information content (AvgIpc) is 2.68. The van der Waals surface area contributed by atoms with E-state index < -0.39 is 26.2 Å². The highest BCUT2D eigenvalue weighted by atomic mass is 32.2. The van der Waals surface area contributed by atoms with Crippen LogP contribution < -0.4 is 16.0 Å². The van der Waals surface area contributed by atoms with Gasteiger partial charge in [0.25, 0.3) is 5.56 Å². The summed E-state index contributed by atoms with van der Waals surface area (Å²) in [4.78, 5) is 25.3. The molecule has 0 aromatic carbocycles. The molecule has 0 unspecified atom stereocenters. The minimum Gasteiger partial charge on any atom is -0.304 e. The van der Waals surface area contributed by atoms with Crippen molar-refractivity contribution in [1.82, 2.24) is 18.8 Å². The quantitative estimate of drug-likeness (QED) is 0.718. The highest BCUT2D eigenvalue weighted by Gasteiger charge is 2.32. The van der Waals surface area contributed by atoms with Crippen LogP contribution in [-0.4, -0.2) is 48.6 Å². The van der Waals surface area contributed by atoms with E-state index in [2.05, 4.69) is 4.72 Å². The van der Waals surface area contributed by atoms with Gasteiger partial charge in [0.15, 0.2) is 4.90 Å². The van der Waals surface area contributed by atoms with Crippen LogP contribution in [0.15, 0.2) is 20.7 Å². The number of aryl methyl sites for hydroxylation is 1. The third kappa shape index (κ3) is 2.94. The lowest BCUT2D eigenvalue weighted by Crippen LogP contribution is -2.45. The van der Waals surface area contributed by atoms with Crippen molar-refractivity contribution in [2.45, 2.75) is 17.9 Å². The van der Waals surface area contributed by atoms with Gasteiger partial charge in [-0.15, -0.1) is 0 Å². The van der Waals surface area contributed by atoms with E-state index in [9.17, 15) is 18.0 Å². The molecule has 1 aliphatic rings. The Labute approximate surface area is 123 Å². The molecule has 1 saturated heterocycles. The van der Waals surface area contributed by atoms with Crippen molar-refractivity contribution < 1.29 is 8.42 Å². The Kier molecular flexibility index (Phi) is 4.09. The number of nitrogens with one attached hydrogen (secondary N) is 1. The second-order valence-corrected chi connectivity index (χ2v) is 7.36. The Morgan fingerprint density at radius 2 is 1.81 bits per heavy atom. The number of hydrogen-bond acceptors (Lipinski definition) is 5. The second-order valence-electron chi connectivity index (χ2n) is 5.68. The molecule has 0 spiro atoms. The summed E-state index contributed by atoms with van der Waals surface area (Å²) < 4.78 is 29.3. The molecule has 1 aromatic rings. The van der Waals surface area contributed by atoms with Gasteiger partial charge >= 0.3 is 5.69 Å². The van der Waals surface area contributed by atoms with Crippen molar-refractivity contribution in [3.63, 3.8) is 0 Å². The molecule has 8 nitrogen and oxygen atoms in total. The predicted molar refractivity (Wildman–Crippen MR) is 77.7 cm³/mol. The summed E-state index contributed by atoms with van der Waals surface area (Å²) >= 11 is 0. The number of likely N-dealkylation sites (tertiary alicyclic amines) is 1. The second kappa shape index (κ2) is 5.39. The van der Waals surface area contributed by atoms with Gasteiger partial charge in [0.05, 0.1) is 0 Å². The number of sulfonamides is 1. The number of aromatic nitrogens is 2. The average molecular weight is 316 g/mol. The van der Waals surface area contributed by atoms with Crippen LogP contribution >= 0.6 is 0 Å². The van der Waals surface area contributed by atoms with E-state index in [1.807, 2.05) is 18.9 Å². The first-order chi connectivity index (χ1) is 9.63. The van der Waals surface area contributed by atoms with Gasteiger partial charge in [0.2, 0.25) is 10.0 Å². The maximum Gasteiger partial charge on any atom is 0.330 e. The first kappa shape index (κ1) is 15.9. The van der Waals surface area contributed by atoms with Gasteiger partial charge in [-0.05, 0) is 13.0 Å². The smallest absolute Gasteiger partial charge is 0.304 e. The fraction of sp³-hybridized carbons (Fsp3) is 0.667. The molecule has 0 aliphatic carbocycles. The first-order valence-electron chi connectivity index (χ1n) is 6.61. The zero-order valence-corrected chi connectivity index (χ0v) is 13.3. The lowest BCUT2D eigenvalue weighted by molar-refractivity contribution is 0.400. The van der Waals surface area contributed by atoms with E-state index in [-0.39, 0.29) is 12.0 Å². The Bertz CT molecular complexity index is 764. The maximum atomic E-state index is 12.4. The molecular formula is C12H20N4O4S. The molecule has 0 saturated carbocycles. The highest BCUT2D eigenvalue weighted by molar-refractivity contribution is 7.89. The Hall–Kier alpha value is -1.45. The van der Waals surface area contributed by atoms with Crippen LogP contribution in [0.25, 0.3) is 0 Å². The van der Waals surface area contributed by atoms with Crippen molar-refractivity contribution in [2.24, 2.45) is 20.0 Å². The van der Waals surface area contributed by atoms with Crippen LogP contribution in [0.1, 0.15) is 6.92 Å². The summed E-state index contributed by atoms with van der Waals surface area (Å²) in [5, 5.41) is 0. The monoisotopic (exact) mass is 316 g/mol. The number of nitrogens with zero attached hydrogens (tertiary/aromatic N) is 3. The van der Waals surface area contributed by atoms with Gasteiger partial charge < -0.3 is 9.47 Å². The fourth-order valence-corrected chi connectivity index (χ4v) is 4.08.